The first-order valence-electron chi connectivity index (χ1n) is 5.06. The molecule has 0 amide bonds. The van der Waals surface area contributed by atoms with Crippen LogP contribution in [0.1, 0.15) is 11.1 Å². The van der Waals surface area contributed by atoms with Crippen molar-refractivity contribution in [1.82, 2.24) is 9.55 Å². The van der Waals surface area contributed by atoms with Crippen LogP contribution in [0.3, 0.4) is 0 Å². The Labute approximate surface area is 103 Å². The molecule has 4 heteroatoms. The van der Waals surface area contributed by atoms with Gasteiger partial charge in [0.15, 0.2) is 0 Å². The normalized spacial score (nSPS) is 10.8. The molecule has 1 heterocycles. The zero-order valence-electron chi connectivity index (χ0n) is 9.58. The van der Waals surface area contributed by atoms with Gasteiger partial charge in [0.25, 0.3) is 0 Å². The predicted octanol–water partition coefficient (Wildman–Crippen LogP) is 3.05. The van der Waals surface area contributed by atoms with Gasteiger partial charge in [-0.25, -0.2) is 4.98 Å². The zero-order chi connectivity index (χ0) is 11.9. The summed E-state index contributed by atoms with van der Waals surface area (Å²) in [4.78, 5) is 4.34. The minimum atomic E-state index is 0.514. The number of aromatic nitrogens is 2. The van der Waals surface area contributed by atoms with Gasteiger partial charge in [0.05, 0.1) is 0 Å². The second-order valence-electron chi connectivity index (χ2n) is 3.97. The Kier molecular flexibility index (Phi) is 2.76. The van der Waals surface area contributed by atoms with Gasteiger partial charge in [-0.2, -0.15) is 0 Å². The molecule has 2 aromatic rings. The van der Waals surface area contributed by atoms with Crippen LogP contribution in [-0.2, 0) is 7.05 Å². The second kappa shape index (κ2) is 3.94. The topological polar surface area (TPSA) is 43.8 Å². The molecule has 2 N–H and O–H groups in total. The van der Waals surface area contributed by atoms with Crippen LogP contribution in [0.25, 0.3) is 11.3 Å². The number of hydrogen-bond donors (Lipinski definition) is 1. The number of anilines is 1. The van der Waals surface area contributed by atoms with Crippen molar-refractivity contribution in [2.24, 2.45) is 7.05 Å². The lowest BCUT2D eigenvalue weighted by Crippen LogP contribution is -1.96. The number of aryl methyl sites for hydroxylation is 2. The Balaban J connectivity index is 2.59. The van der Waals surface area contributed by atoms with Gasteiger partial charge in [-0.05, 0) is 47.0 Å². The molecule has 0 saturated carbocycles. The van der Waals surface area contributed by atoms with Crippen molar-refractivity contribution >= 4 is 21.9 Å². The van der Waals surface area contributed by atoms with Gasteiger partial charge in [-0.15, -0.1) is 0 Å². The maximum Gasteiger partial charge on any atom is 0.201 e. The molecule has 1 aromatic heterocycles. The highest BCUT2D eigenvalue weighted by atomic mass is 79.9. The summed E-state index contributed by atoms with van der Waals surface area (Å²) in [5.41, 5.74) is 10.3. The molecule has 0 spiro atoms. The van der Waals surface area contributed by atoms with E-state index in [0.717, 1.165) is 15.9 Å². The standard InChI is InChI=1S/C12H14BrN3/c1-7-4-5-9(6-8(7)2)10-11(13)16(3)12(14)15-10/h4-6H,1-3H3,(H2,14,15). The van der Waals surface area contributed by atoms with Crippen LogP contribution in [-0.4, -0.2) is 9.55 Å². The first kappa shape index (κ1) is 11.2. The predicted molar refractivity (Wildman–Crippen MR) is 70.2 cm³/mol. The van der Waals surface area contributed by atoms with E-state index in [1.54, 1.807) is 0 Å². The average molecular weight is 280 g/mol. The van der Waals surface area contributed by atoms with E-state index in [1.807, 2.05) is 11.6 Å². The molecule has 0 radical (unpaired) electrons. The lowest BCUT2D eigenvalue weighted by atomic mass is 10.0. The fourth-order valence-corrected chi connectivity index (χ4v) is 2.07. The summed E-state index contributed by atoms with van der Waals surface area (Å²) < 4.78 is 2.73. The van der Waals surface area contributed by atoms with E-state index in [0.29, 0.717) is 5.95 Å². The van der Waals surface area contributed by atoms with E-state index in [1.165, 1.54) is 11.1 Å². The minimum Gasteiger partial charge on any atom is -0.369 e. The number of benzene rings is 1. The van der Waals surface area contributed by atoms with E-state index in [9.17, 15) is 0 Å². The van der Waals surface area contributed by atoms with Crippen LogP contribution in [0, 0.1) is 13.8 Å². The van der Waals surface area contributed by atoms with E-state index >= 15 is 0 Å². The quantitative estimate of drug-likeness (QED) is 0.872. The third-order valence-electron chi connectivity index (χ3n) is 2.84. The smallest absolute Gasteiger partial charge is 0.201 e. The number of hydrogen-bond acceptors (Lipinski definition) is 2. The minimum absolute atomic E-state index is 0.514. The summed E-state index contributed by atoms with van der Waals surface area (Å²) >= 11 is 3.50. The van der Waals surface area contributed by atoms with E-state index in [2.05, 4.69) is 53.0 Å². The van der Waals surface area contributed by atoms with Gasteiger partial charge in [-0.1, -0.05) is 12.1 Å². The monoisotopic (exact) mass is 279 g/mol. The average Bonchev–Trinajstić information content (AvgIpc) is 2.50. The van der Waals surface area contributed by atoms with Crippen molar-refractivity contribution in [2.75, 3.05) is 5.73 Å². The third kappa shape index (κ3) is 1.73. The zero-order valence-corrected chi connectivity index (χ0v) is 11.2. The molecule has 16 heavy (non-hydrogen) atoms. The molecule has 3 nitrogen and oxygen atoms in total. The molecule has 0 aliphatic carbocycles. The maximum absolute atomic E-state index is 5.77. The van der Waals surface area contributed by atoms with Crippen molar-refractivity contribution in [1.29, 1.82) is 0 Å². The van der Waals surface area contributed by atoms with Crippen LogP contribution in [0.5, 0.6) is 0 Å². The fraction of sp³-hybridized carbons (Fsp3) is 0.250. The highest BCUT2D eigenvalue weighted by Crippen LogP contribution is 2.29. The van der Waals surface area contributed by atoms with Crippen molar-refractivity contribution in [3.05, 3.63) is 33.9 Å². The molecule has 0 aliphatic rings. The van der Waals surface area contributed by atoms with Gasteiger partial charge in [-0.3, -0.25) is 0 Å². The molecule has 0 atom stereocenters. The van der Waals surface area contributed by atoms with Gasteiger partial charge >= 0.3 is 0 Å². The summed E-state index contributed by atoms with van der Waals surface area (Å²) in [7, 11) is 1.89. The number of halogens is 1. The SMILES string of the molecule is Cc1ccc(-c2nc(N)n(C)c2Br)cc1C. The third-order valence-corrected chi connectivity index (χ3v) is 3.75. The molecule has 0 aliphatic heterocycles. The Morgan fingerprint density at radius 3 is 2.44 bits per heavy atom. The van der Waals surface area contributed by atoms with Crippen LogP contribution in [0.15, 0.2) is 22.8 Å². The molecule has 84 valence electrons. The molecule has 0 saturated heterocycles. The lowest BCUT2D eigenvalue weighted by molar-refractivity contribution is 0.907. The lowest BCUT2D eigenvalue weighted by Gasteiger charge is -2.03. The van der Waals surface area contributed by atoms with Crippen LogP contribution >= 0.6 is 15.9 Å². The largest absolute Gasteiger partial charge is 0.369 e. The maximum atomic E-state index is 5.77. The molecular formula is C12H14BrN3. The Bertz CT molecular complexity index is 543. The Morgan fingerprint density at radius 1 is 1.25 bits per heavy atom. The molecule has 0 bridgehead atoms. The summed E-state index contributed by atoms with van der Waals surface area (Å²) in [5, 5.41) is 0. The molecule has 0 fully saturated rings. The number of nitrogen functional groups attached to an aromatic ring is 1. The summed E-state index contributed by atoms with van der Waals surface area (Å²) in [6.45, 7) is 4.19. The fourth-order valence-electron chi connectivity index (χ4n) is 1.57. The number of nitrogens with two attached hydrogens (primary N) is 1. The van der Waals surface area contributed by atoms with Crippen LogP contribution in [0.2, 0.25) is 0 Å². The number of imidazole rings is 1. The van der Waals surface area contributed by atoms with E-state index in [-0.39, 0.29) is 0 Å². The number of rotatable bonds is 1. The molecule has 0 unspecified atom stereocenters. The van der Waals surface area contributed by atoms with Crippen LogP contribution in [0.4, 0.5) is 5.95 Å². The number of nitrogens with zero attached hydrogens (tertiary/aromatic N) is 2. The molecule has 2 rings (SSSR count). The van der Waals surface area contributed by atoms with Gasteiger partial charge < -0.3 is 10.3 Å². The van der Waals surface area contributed by atoms with Crippen molar-refractivity contribution in [3.8, 4) is 11.3 Å². The van der Waals surface area contributed by atoms with Crippen molar-refractivity contribution < 1.29 is 0 Å². The highest BCUT2D eigenvalue weighted by molar-refractivity contribution is 9.10. The van der Waals surface area contributed by atoms with Crippen LogP contribution < -0.4 is 5.73 Å². The van der Waals surface area contributed by atoms with Gasteiger partial charge in [0, 0.05) is 12.6 Å². The summed E-state index contributed by atoms with van der Waals surface area (Å²) in [5.74, 6) is 0.514. The van der Waals surface area contributed by atoms with E-state index in [4.69, 9.17) is 5.73 Å². The first-order chi connectivity index (χ1) is 7.50. The first-order valence-corrected chi connectivity index (χ1v) is 5.85. The van der Waals surface area contributed by atoms with Gasteiger partial charge in [0.2, 0.25) is 5.95 Å². The van der Waals surface area contributed by atoms with E-state index < -0.39 is 0 Å². The molecular weight excluding hydrogens is 266 g/mol. The Morgan fingerprint density at radius 2 is 1.94 bits per heavy atom. The van der Waals surface area contributed by atoms with Crippen molar-refractivity contribution in [3.63, 3.8) is 0 Å². The van der Waals surface area contributed by atoms with Gasteiger partial charge in [0.1, 0.15) is 10.3 Å². The Hall–Kier alpha value is -1.29. The summed E-state index contributed by atoms with van der Waals surface area (Å²) in [6.07, 6.45) is 0. The van der Waals surface area contributed by atoms with Crippen molar-refractivity contribution in [2.45, 2.75) is 13.8 Å². The highest BCUT2D eigenvalue weighted by Gasteiger charge is 2.12. The second-order valence-corrected chi connectivity index (χ2v) is 4.72. The summed E-state index contributed by atoms with van der Waals surface area (Å²) in [6, 6.07) is 6.29. The molecule has 1 aromatic carbocycles.